The molecule has 2 saturated carbocycles. The lowest BCUT2D eigenvalue weighted by Gasteiger charge is -2.60. The van der Waals surface area contributed by atoms with E-state index in [-0.39, 0.29) is 72.1 Å². The van der Waals surface area contributed by atoms with E-state index in [2.05, 4.69) is 27.7 Å². The summed E-state index contributed by atoms with van der Waals surface area (Å²) in [5, 5.41) is 0. The Morgan fingerprint density at radius 3 is 1.38 bits per heavy atom. The minimum Gasteiger partial charge on any atom is -0.345 e. The predicted molar refractivity (Wildman–Crippen MR) is 178 cm³/mol. The van der Waals surface area contributed by atoms with Gasteiger partial charge in [0.2, 0.25) is 11.6 Å². The number of carbonyl (C=O) groups is 2. The van der Waals surface area contributed by atoms with Crippen LogP contribution in [0.5, 0.6) is 0 Å². The highest BCUT2D eigenvalue weighted by Gasteiger charge is 2.71. The van der Waals surface area contributed by atoms with Crippen LogP contribution in [0.25, 0.3) is 0 Å². The Kier molecular flexibility index (Phi) is 8.08. The van der Waals surface area contributed by atoms with Crippen LogP contribution >= 0.6 is 0 Å². The maximum Gasteiger partial charge on any atom is 0.201 e. The smallest absolute Gasteiger partial charge is 0.201 e. The molecule has 50 heavy (non-hydrogen) atoms. The first-order valence-corrected chi connectivity index (χ1v) is 19.4. The molecule has 4 bridgehead atoms. The van der Waals surface area contributed by atoms with Crippen LogP contribution in [0.2, 0.25) is 0 Å². The first-order chi connectivity index (χ1) is 23.9. The van der Waals surface area contributed by atoms with Gasteiger partial charge >= 0.3 is 0 Å². The molecule has 2 unspecified atom stereocenters. The van der Waals surface area contributed by atoms with Gasteiger partial charge in [0, 0.05) is 48.6 Å². The highest BCUT2D eigenvalue weighted by molar-refractivity contribution is 5.99. The lowest BCUT2D eigenvalue weighted by Crippen LogP contribution is -2.70. The highest BCUT2D eigenvalue weighted by Crippen LogP contribution is 2.62. The third-order valence-electron chi connectivity index (χ3n) is 14.9. The van der Waals surface area contributed by atoms with E-state index in [0.29, 0.717) is 23.0 Å². The summed E-state index contributed by atoms with van der Waals surface area (Å²) < 4.78 is 26.3. The Morgan fingerprint density at radius 2 is 0.980 bits per heavy atom. The van der Waals surface area contributed by atoms with Gasteiger partial charge < -0.3 is 18.9 Å². The Morgan fingerprint density at radius 1 is 0.580 bits per heavy atom. The van der Waals surface area contributed by atoms with Crippen LogP contribution in [-0.2, 0) is 38.5 Å². The van der Waals surface area contributed by atoms with Gasteiger partial charge in [0.25, 0.3) is 0 Å². The zero-order valence-corrected chi connectivity index (χ0v) is 30.4. The van der Waals surface area contributed by atoms with E-state index in [1.807, 2.05) is 13.8 Å². The van der Waals surface area contributed by atoms with Crippen molar-refractivity contribution in [3.05, 3.63) is 35.4 Å². The number of fused-ring (bicyclic) bond motifs is 4. The minimum atomic E-state index is -0.850. The summed E-state index contributed by atoms with van der Waals surface area (Å²) in [6.45, 7) is 12.8. The maximum absolute atomic E-state index is 13.7. The molecule has 8 aliphatic heterocycles. The number of rotatable bonds is 6. The average molecular weight is 695 g/mol. The van der Waals surface area contributed by atoms with Crippen molar-refractivity contribution in [3.8, 4) is 0 Å². The van der Waals surface area contributed by atoms with Crippen LogP contribution in [0.3, 0.4) is 0 Å². The lowest BCUT2D eigenvalue weighted by molar-refractivity contribution is -0.571. The van der Waals surface area contributed by atoms with Crippen LogP contribution in [0, 0.1) is 47.3 Å². The zero-order chi connectivity index (χ0) is 34.8. The zero-order valence-electron chi connectivity index (χ0n) is 30.4. The molecule has 8 heterocycles. The van der Waals surface area contributed by atoms with Crippen molar-refractivity contribution >= 4 is 11.6 Å². The van der Waals surface area contributed by atoms with Crippen molar-refractivity contribution in [2.45, 2.75) is 153 Å². The number of ketones is 2. The SMILES string of the molecule is C[C@@H]1CC[C@H]2[C@@H](C)C(CC(=O)c3ccc(C(=O)CC4O[C@@H]5O[C@]6(C)CC[C@H]7[C@H](C)CC[C@@H]([C@H]4C)[C@@]57OO6)cc3)O[C@@H]3O[C@]4(C)CC[C@@H]1[C@]32OO4. The van der Waals surface area contributed by atoms with Gasteiger partial charge in [0.1, 0.15) is 0 Å². The van der Waals surface area contributed by atoms with Crippen LogP contribution in [-0.4, -0.2) is 59.1 Å². The molecule has 274 valence electrons. The highest BCUT2D eigenvalue weighted by atomic mass is 17.3. The fourth-order valence-electron chi connectivity index (χ4n) is 11.9. The molecule has 0 N–H and O–H groups in total. The second kappa shape index (κ2) is 11.9. The van der Waals surface area contributed by atoms with E-state index in [1.54, 1.807) is 24.3 Å². The average Bonchev–Trinajstić information content (AvgIpc) is 3.47. The number of hydrogen-bond acceptors (Lipinski definition) is 10. The Bertz CT molecular complexity index is 1400. The molecule has 10 aliphatic rings. The second-order valence-corrected chi connectivity index (χ2v) is 17.7. The summed E-state index contributed by atoms with van der Waals surface area (Å²) in [5.74, 6) is 0.342. The largest absolute Gasteiger partial charge is 0.345 e. The van der Waals surface area contributed by atoms with Gasteiger partial charge in [-0.2, -0.15) is 0 Å². The quantitative estimate of drug-likeness (QED) is 0.222. The molecule has 1 aromatic carbocycles. The number of ether oxygens (including phenoxy) is 4. The maximum atomic E-state index is 13.7. The van der Waals surface area contributed by atoms with Gasteiger partial charge in [-0.1, -0.05) is 52.0 Å². The van der Waals surface area contributed by atoms with Crippen LogP contribution < -0.4 is 0 Å². The van der Waals surface area contributed by atoms with E-state index in [4.69, 9.17) is 38.5 Å². The molecule has 1 aromatic rings. The molecular formula is C40H54O10. The number of carbonyl (C=O) groups excluding carboxylic acids is 2. The van der Waals surface area contributed by atoms with Gasteiger partial charge in [0.15, 0.2) is 35.3 Å². The Balaban J connectivity index is 0.878. The van der Waals surface area contributed by atoms with Gasteiger partial charge in [-0.25, -0.2) is 19.6 Å². The first-order valence-electron chi connectivity index (χ1n) is 19.4. The van der Waals surface area contributed by atoms with Crippen LogP contribution in [0.1, 0.15) is 126 Å². The summed E-state index contributed by atoms with van der Waals surface area (Å²) in [4.78, 5) is 51.9. The summed E-state index contributed by atoms with van der Waals surface area (Å²) in [6, 6.07) is 7.10. The van der Waals surface area contributed by atoms with Gasteiger partial charge in [0.05, 0.1) is 12.2 Å². The van der Waals surface area contributed by atoms with Gasteiger partial charge in [-0.05, 0) is 87.9 Å². The number of Topliss-reactive ketones (excluding diaryl/α,β-unsaturated/α-hetero) is 2. The number of benzene rings is 1. The van der Waals surface area contributed by atoms with Crippen molar-refractivity contribution in [2.75, 3.05) is 0 Å². The molecule has 0 aromatic heterocycles. The molecule has 0 amide bonds. The molecule has 8 saturated heterocycles. The van der Waals surface area contributed by atoms with E-state index in [1.165, 1.54) is 0 Å². The summed E-state index contributed by atoms with van der Waals surface area (Å²) >= 11 is 0. The lowest BCUT2D eigenvalue weighted by atomic mass is 9.57. The van der Waals surface area contributed by atoms with Crippen molar-refractivity contribution in [1.29, 1.82) is 0 Å². The Labute approximate surface area is 295 Å². The third-order valence-corrected chi connectivity index (χ3v) is 14.9. The standard InChI is InChI=1S/C40H54O10/c1-21-7-13-29-23(3)33(43-35-39(29)27(21)15-17-37(5,45-35)47-49-39)19-31(41)25-9-11-26(12-10-25)32(42)20-34-24(4)30-14-8-22(2)28-16-18-38(6)46-36(44-34)40(28,30)50-48-38/h9-12,21-24,27-30,33-36H,7-8,13-20H2,1-6H3/t21-,22-,23-,24-,27+,28+,29+,30+,33?,34?,35-,36-,37+,38+,39-,40-/m1/s1. The van der Waals surface area contributed by atoms with Gasteiger partial charge in [-0.3, -0.25) is 9.59 Å². The van der Waals surface area contributed by atoms with Crippen molar-refractivity contribution in [1.82, 2.24) is 0 Å². The Hall–Kier alpha value is -1.76. The van der Waals surface area contributed by atoms with Crippen LogP contribution in [0.4, 0.5) is 0 Å². The fourth-order valence-corrected chi connectivity index (χ4v) is 11.9. The topological polar surface area (TPSA) is 108 Å². The molecule has 2 spiro atoms. The van der Waals surface area contributed by atoms with E-state index in [9.17, 15) is 9.59 Å². The number of hydrogen-bond donors (Lipinski definition) is 0. The van der Waals surface area contributed by atoms with E-state index >= 15 is 0 Å². The molecular weight excluding hydrogens is 640 g/mol. The second-order valence-electron chi connectivity index (χ2n) is 17.7. The summed E-state index contributed by atoms with van der Waals surface area (Å²) in [6.07, 6.45) is 6.38. The molecule has 10 heteroatoms. The normalized spacial score (nSPS) is 52.0. The van der Waals surface area contributed by atoms with Crippen molar-refractivity contribution < 1.29 is 48.1 Å². The summed E-state index contributed by atoms with van der Waals surface area (Å²) in [5.41, 5.74) is -0.149. The molecule has 16 atom stereocenters. The molecule has 10 fully saturated rings. The van der Waals surface area contributed by atoms with Gasteiger partial charge in [-0.15, -0.1) is 0 Å². The van der Waals surface area contributed by atoms with Crippen molar-refractivity contribution in [2.24, 2.45) is 47.3 Å². The predicted octanol–water partition coefficient (Wildman–Crippen LogP) is 7.33. The van der Waals surface area contributed by atoms with E-state index in [0.717, 1.165) is 51.4 Å². The monoisotopic (exact) mass is 694 g/mol. The van der Waals surface area contributed by atoms with Crippen LogP contribution in [0.15, 0.2) is 24.3 Å². The molecule has 0 radical (unpaired) electrons. The fraction of sp³-hybridized carbons (Fsp3) is 0.800. The van der Waals surface area contributed by atoms with Crippen molar-refractivity contribution in [3.63, 3.8) is 0 Å². The molecule has 11 rings (SSSR count). The van der Waals surface area contributed by atoms with E-state index < -0.39 is 35.4 Å². The molecule has 2 aliphatic carbocycles. The molecule has 10 nitrogen and oxygen atoms in total. The summed E-state index contributed by atoms with van der Waals surface area (Å²) in [7, 11) is 0. The first kappa shape index (κ1) is 34.0. The minimum absolute atomic E-state index is 0.00779. The third kappa shape index (κ3) is 4.95.